The van der Waals surface area contributed by atoms with Crippen molar-refractivity contribution in [1.29, 1.82) is 0 Å². The Morgan fingerprint density at radius 3 is 2.50 bits per heavy atom. The van der Waals surface area contributed by atoms with Crippen LogP contribution in [0.25, 0.3) is 0 Å². The van der Waals surface area contributed by atoms with Crippen molar-refractivity contribution >= 4 is 28.8 Å². The highest BCUT2D eigenvalue weighted by Crippen LogP contribution is 2.43. The molecule has 0 saturated carbocycles. The molecule has 1 N–H and O–H groups in total. The van der Waals surface area contributed by atoms with Gasteiger partial charge in [0.1, 0.15) is 0 Å². The lowest BCUT2D eigenvalue weighted by Crippen LogP contribution is -2.46. The van der Waals surface area contributed by atoms with Crippen molar-refractivity contribution in [1.82, 2.24) is 10.2 Å². The van der Waals surface area contributed by atoms with Gasteiger partial charge in [-0.1, -0.05) is 23.8 Å². The Morgan fingerprint density at radius 2 is 1.86 bits per heavy atom. The summed E-state index contributed by atoms with van der Waals surface area (Å²) in [4.78, 5) is 31.3. The van der Waals surface area contributed by atoms with Crippen LogP contribution in [0.3, 0.4) is 0 Å². The first kappa shape index (κ1) is 19.2. The van der Waals surface area contributed by atoms with Crippen molar-refractivity contribution in [3.8, 4) is 0 Å². The van der Waals surface area contributed by atoms with E-state index in [1.54, 1.807) is 11.3 Å². The number of aryl methyl sites for hydroxylation is 1. The van der Waals surface area contributed by atoms with Gasteiger partial charge in [0.2, 0.25) is 11.8 Å². The Bertz CT molecular complexity index is 826. The molecule has 2 aliphatic rings. The monoisotopic (exact) mass is 397 g/mol. The Labute approximate surface area is 170 Å². The molecular weight excluding hydrogens is 370 g/mol. The fourth-order valence-electron chi connectivity index (χ4n) is 4.23. The van der Waals surface area contributed by atoms with Gasteiger partial charge in [0, 0.05) is 23.0 Å². The Balaban J connectivity index is 1.58. The van der Waals surface area contributed by atoms with E-state index in [1.165, 1.54) is 0 Å². The van der Waals surface area contributed by atoms with Crippen LogP contribution in [0.15, 0.2) is 41.8 Å². The highest BCUT2D eigenvalue weighted by Gasteiger charge is 2.46. The van der Waals surface area contributed by atoms with Gasteiger partial charge >= 0.3 is 0 Å². The van der Waals surface area contributed by atoms with Crippen LogP contribution in [0.5, 0.6) is 0 Å². The highest BCUT2D eigenvalue weighted by atomic mass is 32.1. The average Bonchev–Trinajstić information content (AvgIpc) is 3.32. The summed E-state index contributed by atoms with van der Waals surface area (Å²) >= 11 is 1.61. The van der Waals surface area contributed by atoms with Crippen molar-refractivity contribution in [2.75, 3.05) is 25.0 Å². The van der Waals surface area contributed by atoms with Crippen molar-refractivity contribution in [3.63, 3.8) is 0 Å². The van der Waals surface area contributed by atoms with Crippen LogP contribution in [0.4, 0.5) is 5.69 Å². The maximum atomic E-state index is 13.2. The number of hydrogen-bond acceptors (Lipinski definition) is 4. The van der Waals surface area contributed by atoms with Crippen LogP contribution in [0.2, 0.25) is 0 Å². The predicted molar refractivity (Wildman–Crippen MR) is 112 cm³/mol. The van der Waals surface area contributed by atoms with E-state index in [0.29, 0.717) is 0 Å². The van der Waals surface area contributed by atoms with E-state index in [-0.39, 0.29) is 36.2 Å². The third-order valence-electron chi connectivity index (χ3n) is 5.87. The number of nitrogens with zero attached hydrogens (tertiary/aromatic N) is 2. The molecule has 1 aromatic heterocycles. The number of thiophene rings is 1. The molecule has 2 fully saturated rings. The van der Waals surface area contributed by atoms with Crippen LogP contribution in [-0.2, 0) is 9.59 Å². The van der Waals surface area contributed by atoms with Crippen molar-refractivity contribution in [3.05, 3.63) is 52.2 Å². The highest BCUT2D eigenvalue weighted by molar-refractivity contribution is 7.10. The van der Waals surface area contributed by atoms with E-state index < -0.39 is 0 Å². The number of carbonyl (C=O) groups is 2. The van der Waals surface area contributed by atoms with Crippen molar-refractivity contribution < 1.29 is 9.59 Å². The number of amides is 2. The van der Waals surface area contributed by atoms with E-state index in [2.05, 4.69) is 17.3 Å². The van der Waals surface area contributed by atoms with Gasteiger partial charge in [-0.3, -0.25) is 9.59 Å². The fourth-order valence-corrected chi connectivity index (χ4v) is 5.11. The minimum Gasteiger partial charge on any atom is -0.353 e. The molecule has 5 nitrogen and oxygen atoms in total. The molecule has 6 heteroatoms. The van der Waals surface area contributed by atoms with Gasteiger partial charge in [-0.2, -0.15) is 0 Å². The lowest BCUT2D eigenvalue weighted by Gasteiger charge is -2.31. The summed E-state index contributed by atoms with van der Waals surface area (Å²) < 4.78 is 0. The topological polar surface area (TPSA) is 52.7 Å². The van der Waals surface area contributed by atoms with E-state index in [0.717, 1.165) is 42.1 Å². The molecule has 0 spiro atoms. The van der Waals surface area contributed by atoms with Crippen LogP contribution in [-0.4, -0.2) is 42.9 Å². The molecule has 1 aromatic carbocycles. The zero-order valence-electron chi connectivity index (χ0n) is 16.4. The Morgan fingerprint density at radius 1 is 1.14 bits per heavy atom. The minimum atomic E-state index is -0.355. The van der Waals surface area contributed by atoms with E-state index in [4.69, 9.17) is 0 Å². The zero-order valence-corrected chi connectivity index (χ0v) is 17.2. The first-order valence-electron chi connectivity index (χ1n) is 9.94. The first-order valence-corrected chi connectivity index (χ1v) is 10.8. The number of hydrogen-bond donors (Lipinski definition) is 1. The molecule has 0 radical (unpaired) electrons. The molecule has 2 aliphatic heterocycles. The molecule has 3 heterocycles. The van der Waals surface area contributed by atoms with Gasteiger partial charge in [0.05, 0.1) is 12.0 Å². The average molecular weight is 398 g/mol. The second-order valence-corrected chi connectivity index (χ2v) is 8.94. The summed E-state index contributed by atoms with van der Waals surface area (Å²) in [6.45, 7) is 4.03. The van der Waals surface area contributed by atoms with Crippen LogP contribution < -0.4 is 10.2 Å². The van der Waals surface area contributed by atoms with Gasteiger partial charge in [0.15, 0.2) is 0 Å². The standard InChI is InChI=1S/C22H27N3O2S/c1-15-5-7-17(8-6-15)25-20(26)14-18(21(25)19-4-3-13-28-19)22(27)23-16-9-11-24(2)12-10-16/h3-8,13,16,18,21H,9-12,14H2,1-2H3,(H,23,27)/t18-,21+/m0/s1. The van der Waals surface area contributed by atoms with Gasteiger partial charge in [-0.25, -0.2) is 0 Å². The Kier molecular flexibility index (Phi) is 5.51. The number of carbonyl (C=O) groups excluding carboxylic acids is 2. The number of benzene rings is 1. The molecule has 2 saturated heterocycles. The smallest absolute Gasteiger partial charge is 0.228 e. The van der Waals surface area contributed by atoms with Gasteiger partial charge in [-0.05, 0) is 63.5 Å². The van der Waals surface area contributed by atoms with Crippen molar-refractivity contribution in [2.24, 2.45) is 5.92 Å². The molecule has 148 valence electrons. The summed E-state index contributed by atoms with van der Waals surface area (Å²) in [5.41, 5.74) is 2.02. The normalized spacial score (nSPS) is 23.9. The van der Waals surface area contributed by atoms with Crippen LogP contribution >= 0.6 is 11.3 Å². The Hall–Kier alpha value is -2.18. The lowest BCUT2D eigenvalue weighted by atomic mass is 9.96. The summed E-state index contributed by atoms with van der Waals surface area (Å²) in [5.74, 6) is -0.325. The SMILES string of the molecule is Cc1ccc(N2C(=O)C[C@H](C(=O)NC3CCN(C)CC3)[C@@H]2c2cccs2)cc1. The number of rotatable bonds is 4. The lowest BCUT2D eigenvalue weighted by molar-refractivity contribution is -0.127. The maximum absolute atomic E-state index is 13.2. The van der Waals surface area contributed by atoms with Crippen LogP contribution in [0.1, 0.15) is 35.7 Å². The third-order valence-corrected chi connectivity index (χ3v) is 6.81. The van der Waals surface area contributed by atoms with Gasteiger partial charge < -0.3 is 15.1 Å². The summed E-state index contributed by atoms with van der Waals surface area (Å²) in [6.07, 6.45) is 2.19. The van der Waals surface area contributed by atoms with Crippen LogP contribution in [0, 0.1) is 12.8 Å². The van der Waals surface area contributed by atoms with E-state index in [9.17, 15) is 9.59 Å². The van der Waals surface area contributed by atoms with Gasteiger partial charge in [0.25, 0.3) is 0 Å². The molecule has 2 atom stereocenters. The minimum absolute atomic E-state index is 0.0101. The predicted octanol–water partition coefficient (Wildman–Crippen LogP) is 3.36. The van der Waals surface area contributed by atoms with E-state index >= 15 is 0 Å². The molecule has 0 unspecified atom stereocenters. The fraction of sp³-hybridized carbons (Fsp3) is 0.455. The summed E-state index contributed by atoms with van der Waals surface area (Å²) in [6, 6.07) is 12.0. The molecule has 0 aliphatic carbocycles. The summed E-state index contributed by atoms with van der Waals surface area (Å²) in [7, 11) is 2.11. The molecule has 28 heavy (non-hydrogen) atoms. The molecule has 2 aromatic rings. The molecule has 4 rings (SSSR count). The number of piperidine rings is 1. The second-order valence-electron chi connectivity index (χ2n) is 7.96. The number of anilines is 1. The van der Waals surface area contributed by atoms with E-state index in [1.807, 2.05) is 53.6 Å². The summed E-state index contributed by atoms with van der Waals surface area (Å²) in [5, 5.41) is 5.25. The van der Waals surface area contributed by atoms with Crippen molar-refractivity contribution in [2.45, 2.75) is 38.3 Å². The number of nitrogens with one attached hydrogen (secondary N) is 1. The van der Waals surface area contributed by atoms with Gasteiger partial charge in [-0.15, -0.1) is 11.3 Å². The number of likely N-dealkylation sites (tertiary alicyclic amines) is 1. The largest absolute Gasteiger partial charge is 0.353 e. The first-order chi connectivity index (χ1) is 13.5. The quantitative estimate of drug-likeness (QED) is 0.861. The molecule has 0 bridgehead atoms. The molecular formula is C22H27N3O2S. The third kappa shape index (κ3) is 3.84. The zero-order chi connectivity index (χ0) is 19.7. The second kappa shape index (κ2) is 8.05. The molecule has 2 amide bonds. The maximum Gasteiger partial charge on any atom is 0.228 e.